The van der Waals surface area contributed by atoms with Crippen LogP contribution in [0.5, 0.6) is 0 Å². The molecule has 43 heavy (non-hydrogen) atoms. The minimum absolute atomic E-state index is 0.199. The van der Waals surface area contributed by atoms with Crippen LogP contribution < -0.4 is 4.90 Å². The molecule has 1 saturated heterocycles. The molecule has 1 atom stereocenters. The summed E-state index contributed by atoms with van der Waals surface area (Å²) in [7, 11) is 0. The number of piperazine rings is 1. The van der Waals surface area contributed by atoms with Crippen LogP contribution in [-0.4, -0.2) is 69.1 Å². The molecule has 12 heteroatoms. The number of aromatic nitrogens is 2. The van der Waals surface area contributed by atoms with Crippen molar-refractivity contribution in [1.82, 2.24) is 19.4 Å². The molecule has 1 fully saturated rings. The highest BCUT2D eigenvalue weighted by molar-refractivity contribution is 14.1. The maximum absolute atomic E-state index is 13.8. The fourth-order valence-electron chi connectivity index (χ4n) is 6.06. The van der Waals surface area contributed by atoms with Gasteiger partial charge in [-0.2, -0.15) is 0 Å². The quantitative estimate of drug-likeness (QED) is 0.308. The summed E-state index contributed by atoms with van der Waals surface area (Å²) in [4.78, 5) is 49.2. The fourth-order valence-corrected chi connectivity index (χ4v) is 6.58. The number of carbonyl (C=O) groups excluding carboxylic acids is 3. The Morgan fingerprint density at radius 1 is 1.02 bits per heavy atom. The SMILES string of the molecule is CC(C)(C)OC(=O)N1CCN(c2ccc(-c3cc(Cl)c4c(c3)C(=O)N(C(C(=O)OI)c3ncn5c3CCC5)C4)cc2)CC1. The van der Waals surface area contributed by atoms with Crippen molar-refractivity contribution >= 4 is 58.3 Å². The van der Waals surface area contributed by atoms with Crippen LogP contribution in [0.25, 0.3) is 11.1 Å². The zero-order chi connectivity index (χ0) is 30.5. The molecule has 3 aromatic rings. The maximum Gasteiger partial charge on any atom is 0.410 e. The Morgan fingerprint density at radius 2 is 1.74 bits per heavy atom. The summed E-state index contributed by atoms with van der Waals surface area (Å²) in [6.07, 6.45) is 3.22. The highest BCUT2D eigenvalue weighted by atomic mass is 127. The van der Waals surface area contributed by atoms with E-state index in [0.717, 1.165) is 41.9 Å². The largest absolute Gasteiger partial charge is 0.444 e. The Balaban J connectivity index is 1.19. The van der Waals surface area contributed by atoms with Gasteiger partial charge >= 0.3 is 12.1 Å². The van der Waals surface area contributed by atoms with Gasteiger partial charge in [0, 0.05) is 66.8 Å². The summed E-state index contributed by atoms with van der Waals surface area (Å²) < 4.78 is 12.6. The van der Waals surface area contributed by atoms with Gasteiger partial charge in [-0.05, 0) is 69.0 Å². The zero-order valence-electron chi connectivity index (χ0n) is 24.3. The average molecular weight is 718 g/mol. The van der Waals surface area contributed by atoms with Crippen LogP contribution in [0.3, 0.4) is 0 Å². The second kappa shape index (κ2) is 11.6. The van der Waals surface area contributed by atoms with Crippen LogP contribution in [0.15, 0.2) is 42.7 Å². The highest BCUT2D eigenvalue weighted by Crippen LogP contribution is 2.40. The molecule has 2 aromatic carbocycles. The number of halogens is 2. The third-order valence-electron chi connectivity index (χ3n) is 8.17. The van der Waals surface area contributed by atoms with E-state index in [1.54, 1.807) is 34.2 Å². The molecular weight excluding hydrogens is 685 g/mol. The Morgan fingerprint density at radius 3 is 2.42 bits per heavy atom. The monoisotopic (exact) mass is 717 g/mol. The van der Waals surface area contributed by atoms with E-state index in [9.17, 15) is 14.4 Å². The van der Waals surface area contributed by atoms with Gasteiger partial charge in [0.15, 0.2) is 29.0 Å². The molecule has 0 N–H and O–H groups in total. The van der Waals surface area contributed by atoms with Crippen LogP contribution in [0.2, 0.25) is 5.02 Å². The van der Waals surface area contributed by atoms with Crippen molar-refractivity contribution in [3.8, 4) is 11.1 Å². The van der Waals surface area contributed by atoms with Gasteiger partial charge in [0.1, 0.15) is 5.60 Å². The number of fused-ring (bicyclic) bond motifs is 2. The van der Waals surface area contributed by atoms with Gasteiger partial charge in [0.05, 0.1) is 12.0 Å². The van der Waals surface area contributed by atoms with Crippen molar-refractivity contribution in [3.63, 3.8) is 0 Å². The summed E-state index contributed by atoms with van der Waals surface area (Å²) in [6, 6.07) is 10.9. The molecule has 226 valence electrons. The number of ether oxygens (including phenoxy) is 1. The lowest BCUT2D eigenvalue weighted by molar-refractivity contribution is -0.136. The number of nitrogens with zero attached hydrogens (tertiary/aromatic N) is 5. The van der Waals surface area contributed by atoms with Crippen molar-refractivity contribution in [2.75, 3.05) is 31.1 Å². The van der Waals surface area contributed by atoms with Crippen molar-refractivity contribution < 1.29 is 22.2 Å². The molecule has 1 aromatic heterocycles. The average Bonchev–Trinajstić information content (AvgIpc) is 3.69. The first-order valence-electron chi connectivity index (χ1n) is 14.4. The summed E-state index contributed by atoms with van der Waals surface area (Å²) in [5, 5.41) is 0.474. The highest BCUT2D eigenvalue weighted by Gasteiger charge is 2.42. The van der Waals surface area contributed by atoms with Crippen LogP contribution in [-0.2, 0) is 32.1 Å². The number of aryl methyl sites for hydroxylation is 1. The lowest BCUT2D eigenvalue weighted by Crippen LogP contribution is -2.50. The number of rotatable bonds is 5. The normalized spacial score (nSPS) is 17.1. The molecule has 1 unspecified atom stereocenters. The molecule has 3 aliphatic heterocycles. The van der Waals surface area contributed by atoms with E-state index < -0.39 is 17.6 Å². The third kappa shape index (κ3) is 5.81. The van der Waals surface area contributed by atoms with Crippen molar-refractivity contribution in [2.24, 2.45) is 0 Å². The topological polar surface area (TPSA) is 97.2 Å². The van der Waals surface area contributed by atoms with Gasteiger partial charge < -0.3 is 27.1 Å². The zero-order valence-corrected chi connectivity index (χ0v) is 27.2. The van der Waals surface area contributed by atoms with E-state index in [1.165, 1.54) is 4.90 Å². The van der Waals surface area contributed by atoms with E-state index >= 15 is 0 Å². The second-order valence-electron chi connectivity index (χ2n) is 12.1. The van der Waals surface area contributed by atoms with Gasteiger partial charge in [-0.15, -0.1) is 0 Å². The molecule has 4 heterocycles. The Kier molecular flexibility index (Phi) is 8.05. The minimum atomic E-state index is -0.944. The van der Waals surface area contributed by atoms with E-state index in [0.29, 0.717) is 48.0 Å². The summed E-state index contributed by atoms with van der Waals surface area (Å²) in [5.41, 5.74) is 4.97. The molecule has 10 nitrogen and oxygen atoms in total. The number of hydrogen-bond acceptors (Lipinski definition) is 7. The lowest BCUT2D eigenvalue weighted by Gasteiger charge is -2.36. The number of hydrogen-bond donors (Lipinski definition) is 0. The van der Waals surface area contributed by atoms with Crippen LogP contribution >= 0.6 is 34.6 Å². The number of benzene rings is 2. The smallest absolute Gasteiger partial charge is 0.410 e. The molecule has 6 rings (SSSR count). The molecule has 0 saturated carbocycles. The van der Waals surface area contributed by atoms with Crippen molar-refractivity contribution in [2.45, 2.75) is 58.3 Å². The molecule has 3 aliphatic rings. The van der Waals surface area contributed by atoms with Crippen molar-refractivity contribution in [1.29, 1.82) is 0 Å². The van der Waals surface area contributed by atoms with Gasteiger partial charge in [-0.1, -0.05) is 23.7 Å². The van der Waals surface area contributed by atoms with E-state index in [1.807, 2.05) is 61.7 Å². The molecule has 0 aliphatic carbocycles. The van der Waals surface area contributed by atoms with Crippen molar-refractivity contribution in [3.05, 3.63) is 70.3 Å². The second-order valence-corrected chi connectivity index (χ2v) is 12.9. The molecular formula is C31H33ClIN5O5. The number of imidazole rings is 1. The van der Waals surface area contributed by atoms with Gasteiger partial charge in [0.25, 0.3) is 5.91 Å². The first-order valence-corrected chi connectivity index (χ1v) is 15.6. The number of anilines is 1. The molecule has 0 bridgehead atoms. The molecule has 2 amide bonds. The third-order valence-corrected chi connectivity index (χ3v) is 8.94. The van der Waals surface area contributed by atoms with E-state index in [4.69, 9.17) is 19.4 Å². The Bertz CT molecular complexity index is 1580. The standard InChI is InChI=1S/C31H33ClIN5O5/c1-31(2,3)42-30(41)36-13-11-35(12-14-36)21-8-6-19(7-9-21)20-15-22-23(24(32)16-20)17-38(28(22)39)27(29(40)43-33)26-25-5-4-10-37(25)18-34-26/h6-9,15-16,18,27H,4-5,10-14,17H2,1-3H3. The summed E-state index contributed by atoms with van der Waals surface area (Å²) in [6.45, 7) is 9.23. The fraction of sp³-hybridized carbons (Fsp3) is 0.419. The van der Waals surface area contributed by atoms with Gasteiger partial charge in [-0.25, -0.2) is 14.6 Å². The summed E-state index contributed by atoms with van der Waals surface area (Å²) in [5.74, 6) is -0.807. The number of carbonyl (C=O) groups is 3. The van der Waals surface area contributed by atoms with Crippen LogP contribution in [0.1, 0.15) is 60.5 Å². The Labute approximate surface area is 269 Å². The first-order chi connectivity index (χ1) is 20.5. The predicted octanol–water partition coefficient (Wildman–Crippen LogP) is 5.80. The van der Waals surface area contributed by atoms with Gasteiger partial charge in [-0.3, -0.25) is 4.79 Å². The Hall–Kier alpha value is -3.32. The van der Waals surface area contributed by atoms with Crippen LogP contribution in [0, 0.1) is 0 Å². The van der Waals surface area contributed by atoms with E-state index in [2.05, 4.69) is 9.88 Å². The predicted molar refractivity (Wildman–Crippen MR) is 170 cm³/mol. The van der Waals surface area contributed by atoms with Crippen LogP contribution in [0.4, 0.5) is 10.5 Å². The number of amides is 2. The first kappa shape index (κ1) is 29.7. The van der Waals surface area contributed by atoms with E-state index in [-0.39, 0.29) is 18.5 Å². The minimum Gasteiger partial charge on any atom is -0.444 e. The summed E-state index contributed by atoms with van der Waals surface area (Å²) >= 11 is 8.32. The van der Waals surface area contributed by atoms with Gasteiger partial charge in [0.2, 0.25) is 0 Å². The molecule has 0 radical (unpaired) electrons. The maximum atomic E-state index is 13.8. The molecule has 0 spiro atoms. The lowest BCUT2D eigenvalue weighted by atomic mass is 10.00.